The molecule has 0 bridgehead atoms. The molecule has 2 aromatic carbocycles. The summed E-state index contributed by atoms with van der Waals surface area (Å²) in [7, 11) is 2.07. The fraction of sp³-hybridized carbons (Fsp3) is 0.451. The highest BCUT2D eigenvalue weighted by atomic mass is 33.1. The highest BCUT2D eigenvalue weighted by Gasteiger charge is 2.41. The molecule has 0 saturated carbocycles. The second kappa shape index (κ2) is 30.5. The topological polar surface area (TPSA) is 441 Å². The number of fused-ring (bicyclic) bond motifs is 1. The molecule has 0 spiro atoms. The minimum Gasteiger partial charge on any atom is -0.370 e. The molecule has 81 heavy (non-hydrogen) atoms. The second-order valence-corrected chi connectivity index (χ2v) is 21.9. The normalized spacial score (nSPS) is 22.6. The number of aromatic amines is 2. The Balaban J connectivity index is 1.37. The van der Waals surface area contributed by atoms with E-state index in [2.05, 4.69) is 68.1 Å². The van der Waals surface area contributed by atoms with Gasteiger partial charge in [0.05, 0.1) is 24.6 Å². The van der Waals surface area contributed by atoms with Crippen molar-refractivity contribution in [2.45, 2.75) is 113 Å². The summed E-state index contributed by atoms with van der Waals surface area (Å²) < 4.78 is 0. The maximum atomic E-state index is 14.7. The van der Waals surface area contributed by atoms with Crippen LogP contribution >= 0.6 is 21.6 Å². The number of guanidine groups is 1. The minimum atomic E-state index is -1.47. The molecule has 436 valence electrons. The predicted molar refractivity (Wildman–Crippen MR) is 302 cm³/mol. The van der Waals surface area contributed by atoms with Gasteiger partial charge in [0.2, 0.25) is 41.4 Å². The van der Waals surface area contributed by atoms with Gasteiger partial charge in [0.25, 0.3) is 5.91 Å². The molecule has 2 fully saturated rings. The molecule has 0 unspecified atom stereocenters. The molecule has 2 aromatic heterocycles. The van der Waals surface area contributed by atoms with Crippen LogP contribution in [0.5, 0.6) is 0 Å². The lowest BCUT2D eigenvalue weighted by Gasteiger charge is -2.28. The summed E-state index contributed by atoms with van der Waals surface area (Å²) in [5, 5.41) is 35.2. The van der Waals surface area contributed by atoms with Gasteiger partial charge < -0.3 is 75.0 Å². The zero-order valence-corrected chi connectivity index (χ0v) is 46.3. The molecular formula is C51H70N18O10S2. The number of imide groups is 1. The number of rotatable bonds is 19. The lowest BCUT2D eigenvalue weighted by Crippen LogP contribution is -2.61. The van der Waals surface area contributed by atoms with Gasteiger partial charge in [-0.2, -0.15) is 0 Å². The van der Waals surface area contributed by atoms with E-state index in [1.54, 1.807) is 36.5 Å². The van der Waals surface area contributed by atoms with Crippen molar-refractivity contribution in [3.63, 3.8) is 0 Å². The number of H-pyrrole nitrogens is 2. The fourth-order valence-electron chi connectivity index (χ4n) is 8.81. The van der Waals surface area contributed by atoms with E-state index < -0.39 is 114 Å². The van der Waals surface area contributed by atoms with Crippen molar-refractivity contribution in [2.75, 3.05) is 31.1 Å². The van der Waals surface area contributed by atoms with Crippen LogP contribution in [0.15, 0.2) is 73.3 Å². The Bertz CT molecular complexity index is 2860. The summed E-state index contributed by atoms with van der Waals surface area (Å²) in [6.45, 7) is 2.54. The van der Waals surface area contributed by atoms with Gasteiger partial charge in [-0.25, -0.2) is 9.78 Å². The summed E-state index contributed by atoms with van der Waals surface area (Å²) in [6.07, 6.45) is 3.51. The number of hydrogen-bond donors (Lipinski definition) is 16. The standard InChI is InChI=1S/C51H70N18O10S2/c1-27-42(72)64-37(20-31-22-56-26-61-31)46(76)65-35(18-29-10-4-3-5-11-29)44(74)63-34(14-8-16-57-49(52)53)43(73)66-36(19-30-21-59-33-13-7-6-12-32(30)33)45(75)67-38(28(2)70)24-80-81-25-39(47(77)62-27)68-48(78)40(15-9-17-58-50(54)55)69-41(71)23-60-51(69)79/h3-7,10-13,21-22,26-27,34-40,50,58-59H,8-9,14-20,23-25,54-55H2,1-2H3,(H,56,61)(H,60,79)(H,62,77)(H,63,74)(H,64,72)(H,65,76)(H,66,73)(H,67,75)(H,68,78)(H4,52,53,57)/t27-,34+,35-,36+,37+,38+,39+,40-/m1/s1. The molecule has 30 heteroatoms. The van der Waals surface area contributed by atoms with Gasteiger partial charge in [0.15, 0.2) is 11.7 Å². The smallest absolute Gasteiger partial charge is 0.325 e. The summed E-state index contributed by atoms with van der Waals surface area (Å²) in [4.78, 5) is 151. The first-order valence-electron chi connectivity index (χ1n) is 26.1. The average Bonchev–Trinajstić information content (AvgIpc) is 4.21. The van der Waals surface area contributed by atoms with Gasteiger partial charge in [0, 0.05) is 60.6 Å². The predicted octanol–water partition coefficient (Wildman–Crippen LogP) is -2.93. The maximum Gasteiger partial charge on any atom is 0.325 e. The molecule has 0 aliphatic carbocycles. The molecule has 2 aliphatic rings. The molecule has 28 nitrogen and oxygen atoms in total. The van der Waals surface area contributed by atoms with Crippen molar-refractivity contribution < 1.29 is 47.9 Å². The minimum absolute atomic E-state index is 0.0497. The third kappa shape index (κ3) is 18.8. The quantitative estimate of drug-likeness (QED) is 0.0112. The number of hydrogen-bond acceptors (Lipinski definition) is 17. The Labute approximate surface area is 473 Å². The fourth-order valence-corrected chi connectivity index (χ4v) is 11.2. The number of nitrogens with two attached hydrogens (primary N) is 3. The number of imidazole rings is 1. The van der Waals surface area contributed by atoms with Crippen molar-refractivity contribution in [1.29, 1.82) is 5.41 Å². The van der Waals surface area contributed by atoms with E-state index in [1.165, 1.54) is 26.4 Å². The van der Waals surface area contributed by atoms with Gasteiger partial charge in [-0.1, -0.05) is 70.1 Å². The van der Waals surface area contributed by atoms with E-state index in [9.17, 15) is 47.9 Å². The zero-order valence-electron chi connectivity index (χ0n) is 44.6. The van der Waals surface area contributed by atoms with E-state index >= 15 is 0 Å². The Morgan fingerprint density at radius 1 is 0.753 bits per heavy atom. The van der Waals surface area contributed by atoms with Gasteiger partial charge in [-0.05, 0) is 63.3 Å². The van der Waals surface area contributed by atoms with Crippen LogP contribution in [0.3, 0.4) is 0 Å². The van der Waals surface area contributed by atoms with Crippen molar-refractivity contribution in [2.24, 2.45) is 17.2 Å². The SMILES string of the molecule is CC(=O)[C@@H]1CSSC[C@H](NC(=O)[C@@H](CCCNC(N)N)N2C(=O)CNC2=O)C(=O)N[C@H](C)C(=O)N[C@@H](Cc2c[nH]cn2)C(=O)N[C@H](Cc2ccccc2)C(=O)N[C@@H](CCCNC(=N)N)C(=O)N[C@@H](Cc2c[nH]c3ccccc23)C(=O)N1. The van der Waals surface area contributed by atoms with Gasteiger partial charge in [-0.15, -0.1) is 0 Å². The Morgan fingerprint density at radius 2 is 1.40 bits per heavy atom. The van der Waals surface area contributed by atoms with Crippen LogP contribution in [-0.2, 0) is 62.4 Å². The third-order valence-corrected chi connectivity index (χ3v) is 15.6. The van der Waals surface area contributed by atoms with Crippen LogP contribution in [0.25, 0.3) is 10.9 Å². The number of benzene rings is 2. The highest BCUT2D eigenvalue weighted by molar-refractivity contribution is 8.76. The molecule has 2 saturated heterocycles. The van der Waals surface area contributed by atoms with E-state index in [1.807, 2.05) is 24.3 Å². The number of para-hydroxylation sites is 1. The summed E-state index contributed by atoms with van der Waals surface area (Å²) in [5.74, 6) is -7.70. The average molecular weight is 1160 g/mol. The van der Waals surface area contributed by atoms with E-state index in [0.717, 1.165) is 37.4 Å². The number of carbonyl (C=O) groups excluding carboxylic acids is 10. The molecule has 4 aromatic rings. The van der Waals surface area contributed by atoms with Crippen molar-refractivity contribution >= 4 is 97.5 Å². The van der Waals surface area contributed by atoms with Gasteiger partial charge >= 0.3 is 6.03 Å². The van der Waals surface area contributed by atoms with Crippen LogP contribution in [0.1, 0.15) is 56.4 Å². The number of Topliss-reactive ketones (excluding diaryl/α,β-unsaturated/α-hetero) is 1. The molecule has 19 N–H and O–H groups in total. The molecule has 6 rings (SSSR count). The van der Waals surface area contributed by atoms with Crippen molar-refractivity contribution in [1.82, 2.24) is 73.0 Å². The Morgan fingerprint density at radius 3 is 2.06 bits per heavy atom. The van der Waals surface area contributed by atoms with Crippen LogP contribution in [0.2, 0.25) is 0 Å². The number of nitrogens with one attached hydrogen (secondary N) is 13. The van der Waals surface area contributed by atoms with Crippen molar-refractivity contribution in [3.05, 3.63) is 90.1 Å². The monoisotopic (exact) mass is 1160 g/mol. The van der Waals surface area contributed by atoms with Crippen molar-refractivity contribution in [3.8, 4) is 0 Å². The third-order valence-electron chi connectivity index (χ3n) is 13.1. The zero-order chi connectivity index (χ0) is 58.6. The number of amides is 10. The number of carbonyl (C=O) groups is 10. The lowest BCUT2D eigenvalue weighted by atomic mass is 10.0. The number of nitrogens with zero attached hydrogens (tertiary/aromatic N) is 2. The molecule has 10 amide bonds. The summed E-state index contributed by atoms with van der Waals surface area (Å²) >= 11 is 0. The van der Waals surface area contributed by atoms with Gasteiger partial charge in [0.1, 0.15) is 48.6 Å². The lowest BCUT2D eigenvalue weighted by molar-refractivity contribution is -0.137. The summed E-state index contributed by atoms with van der Waals surface area (Å²) in [5.41, 5.74) is 19.1. The molecule has 0 radical (unpaired) electrons. The van der Waals surface area contributed by atoms with Crippen LogP contribution in [0.4, 0.5) is 4.79 Å². The number of aromatic nitrogens is 3. The highest BCUT2D eigenvalue weighted by Crippen LogP contribution is 2.25. The Hall–Kier alpha value is -8.06. The summed E-state index contributed by atoms with van der Waals surface area (Å²) in [6, 6.07) is 4.14. The first-order valence-corrected chi connectivity index (χ1v) is 28.6. The van der Waals surface area contributed by atoms with Crippen LogP contribution in [-0.4, -0.2) is 171 Å². The van der Waals surface area contributed by atoms with E-state index in [4.69, 9.17) is 22.6 Å². The molecule has 8 atom stereocenters. The molecular weight excluding hydrogens is 1090 g/mol. The maximum absolute atomic E-state index is 14.7. The largest absolute Gasteiger partial charge is 0.370 e. The van der Waals surface area contributed by atoms with E-state index in [-0.39, 0.29) is 82.0 Å². The molecule has 4 heterocycles. The first-order chi connectivity index (χ1) is 38.8. The van der Waals surface area contributed by atoms with Crippen LogP contribution in [0, 0.1) is 5.41 Å². The number of urea groups is 1. The molecule has 2 aliphatic heterocycles. The number of ketones is 1. The van der Waals surface area contributed by atoms with Gasteiger partial charge in [-0.3, -0.25) is 58.8 Å². The second-order valence-electron chi connectivity index (χ2n) is 19.3. The van der Waals surface area contributed by atoms with Crippen LogP contribution < -0.4 is 70.4 Å². The Kier molecular flexibility index (Phi) is 23.4. The van der Waals surface area contributed by atoms with E-state index in [0.29, 0.717) is 16.8 Å². The first kappa shape index (κ1) is 62.1.